The summed E-state index contributed by atoms with van der Waals surface area (Å²) in [6, 6.07) is 17.3. The van der Waals surface area contributed by atoms with E-state index < -0.39 is 23.7 Å². The maximum atomic E-state index is 14.1. The molecule has 0 radical (unpaired) electrons. The van der Waals surface area contributed by atoms with Gasteiger partial charge in [0.2, 0.25) is 5.82 Å². The molecule has 1 aliphatic rings. The lowest BCUT2D eigenvalue weighted by atomic mass is 9.94. The van der Waals surface area contributed by atoms with Crippen molar-refractivity contribution in [3.8, 4) is 11.4 Å². The summed E-state index contributed by atoms with van der Waals surface area (Å²) in [6.45, 7) is 1.74. The van der Waals surface area contributed by atoms with Crippen LogP contribution in [0.2, 0.25) is 5.02 Å². The normalized spacial score (nSPS) is 16.1. The molecule has 1 unspecified atom stereocenters. The van der Waals surface area contributed by atoms with Crippen LogP contribution in [0.5, 0.6) is 0 Å². The minimum Gasteiger partial charge on any atom is -0.334 e. The van der Waals surface area contributed by atoms with E-state index in [1.807, 2.05) is 0 Å². The van der Waals surface area contributed by atoms with Crippen LogP contribution in [0.1, 0.15) is 24.4 Å². The Morgan fingerprint density at radius 2 is 1.71 bits per heavy atom. The molecule has 0 bridgehead atoms. The molecule has 1 N–H and O–H groups in total. The van der Waals surface area contributed by atoms with Gasteiger partial charge in [-0.3, -0.25) is 4.90 Å². The highest BCUT2D eigenvalue weighted by Crippen LogP contribution is 2.39. The van der Waals surface area contributed by atoms with Gasteiger partial charge in [-0.05, 0) is 61.0 Å². The van der Waals surface area contributed by atoms with Gasteiger partial charge >= 0.3 is 6.03 Å². The standard InChI is InChI=1S/C25H17ClF2N4O2/c1-14-21(24-30-23(31-34-24)16-5-3-7-19(28)13-16)22(15-4-2-6-18(27)12-15)29-25(33)32(14)20-10-8-17(26)9-11-20/h2-13,22H,1H3,(H,29,33). The van der Waals surface area contributed by atoms with E-state index in [2.05, 4.69) is 15.5 Å². The van der Waals surface area contributed by atoms with Crippen molar-refractivity contribution in [2.45, 2.75) is 13.0 Å². The van der Waals surface area contributed by atoms with Crippen LogP contribution in [0.3, 0.4) is 0 Å². The molecular formula is C25H17ClF2N4O2. The number of hydrogen-bond donors (Lipinski definition) is 1. The van der Waals surface area contributed by atoms with E-state index in [4.69, 9.17) is 16.1 Å². The van der Waals surface area contributed by atoms with Crippen molar-refractivity contribution in [2.75, 3.05) is 4.90 Å². The molecule has 0 saturated carbocycles. The number of halogens is 3. The van der Waals surface area contributed by atoms with Crippen LogP contribution in [0.25, 0.3) is 17.0 Å². The molecule has 0 spiro atoms. The van der Waals surface area contributed by atoms with Crippen molar-refractivity contribution in [1.29, 1.82) is 0 Å². The quantitative estimate of drug-likeness (QED) is 0.370. The number of urea groups is 1. The van der Waals surface area contributed by atoms with Gasteiger partial charge in [0.05, 0.1) is 17.3 Å². The van der Waals surface area contributed by atoms with Crippen LogP contribution < -0.4 is 10.2 Å². The molecule has 0 saturated heterocycles. The molecule has 0 fully saturated rings. The van der Waals surface area contributed by atoms with Crippen LogP contribution >= 0.6 is 11.6 Å². The summed E-state index contributed by atoms with van der Waals surface area (Å²) in [5.41, 5.74) is 2.50. The molecule has 2 amide bonds. The largest absolute Gasteiger partial charge is 0.334 e. The number of benzene rings is 3. The predicted molar refractivity (Wildman–Crippen MR) is 124 cm³/mol. The third-order valence-electron chi connectivity index (χ3n) is 5.49. The number of nitrogens with one attached hydrogen (secondary N) is 1. The fraction of sp³-hybridized carbons (Fsp3) is 0.0800. The van der Waals surface area contributed by atoms with Gasteiger partial charge in [-0.15, -0.1) is 0 Å². The number of carbonyl (C=O) groups excluding carboxylic acids is 1. The average Bonchev–Trinajstić information content (AvgIpc) is 3.30. The van der Waals surface area contributed by atoms with E-state index in [-0.39, 0.29) is 11.7 Å². The molecule has 34 heavy (non-hydrogen) atoms. The van der Waals surface area contributed by atoms with Gasteiger partial charge in [0, 0.05) is 16.3 Å². The fourth-order valence-electron chi connectivity index (χ4n) is 3.93. The van der Waals surface area contributed by atoms with Crippen LogP contribution in [-0.2, 0) is 0 Å². The molecule has 5 rings (SSSR count). The first kappa shape index (κ1) is 21.8. The number of nitrogens with zero attached hydrogens (tertiary/aromatic N) is 3. The predicted octanol–water partition coefficient (Wildman–Crippen LogP) is 6.37. The molecular weight excluding hydrogens is 462 g/mol. The first-order chi connectivity index (χ1) is 16.4. The fourth-order valence-corrected chi connectivity index (χ4v) is 4.06. The first-order valence-corrected chi connectivity index (χ1v) is 10.7. The highest BCUT2D eigenvalue weighted by molar-refractivity contribution is 6.30. The molecule has 170 valence electrons. The third kappa shape index (κ3) is 4.04. The number of allylic oxidation sites excluding steroid dienone is 1. The minimum atomic E-state index is -0.757. The number of amides is 2. The molecule has 4 aromatic rings. The highest BCUT2D eigenvalue weighted by Gasteiger charge is 2.36. The van der Waals surface area contributed by atoms with Crippen LogP contribution in [0.4, 0.5) is 19.3 Å². The SMILES string of the molecule is CC1=C(c2nc(-c3cccc(F)c3)no2)C(c2cccc(F)c2)NC(=O)N1c1ccc(Cl)cc1. The zero-order valence-corrected chi connectivity index (χ0v) is 18.6. The van der Waals surface area contributed by atoms with Gasteiger partial charge in [-0.2, -0.15) is 4.98 Å². The molecule has 2 heterocycles. The van der Waals surface area contributed by atoms with Gasteiger partial charge in [-0.1, -0.05) is 41.0 Å². The summed E-state index contributed by atoms with van der Waals surface area (Å²) in [7, 11) is 0. The molecule has 1 atom stereocenters. The van der Waals surface area contributed by atoms with Crippen molar-refractivity contribution in [1.82, 2.24) is 15.5 Å². The van der Waals surface area contributed by atoms with Gasteiger partial charge in [0.25, 0.3) is 5.89 Å². The summed E-state index contributed by atoms with van der Waals surface area (Å²) >= 11 is 6.01. The van der Waals surface area contributed by atoms with E-state index in [1.165, 1.54) is 29.2 Å². The minimum absolute atomic E-state index is 0.116. The van der Waals surface area contributed by atoms with Crippen molar-refractivity contribution in [3.63, 3.8) is 0 Å². The molecule has 1 aromatic heterocycles. The zero-order chi connectivity index (χ0) is 23.8. The lowest BCUT2D eigenvalue weighted by molar-refractivity contribution is 0.244. The van der Waals surface area contributed by atoms with Crippen LogP contribution in [-0.4, -0.2) is 16.2 Å². The average molecular weight is 479 g/mol. The van der Waals surface area contributed by atoms with E-state index >= 15 is 0 Å². The number of anilines is 1. The van der Waals surface area contributed by atoms with Crippen molar-refractivity contribution < 1.29 is 18.1 Å². The summed E-state index contributed by atoms with van der Waals surface area (Å²) in [5, 5.41) is 7.43. The Hall–Kier alpha value is -4.04. The molecule has 0 aliphatic carbocycles. The monoisotopic (exact) mass is 478 g/mol. The molecule has 6 nitrogen and oxygen atoms in total. The van der Waals surface area contributed by atoms with E-state index in [0.717, 1.165) is 0 Å². The van der Waals surface area contributed by atoms with Gasteiger partial charge in [0.15, 0.2) is 0 Å². The van der Waals surface area contributed by atoms with Crippen molar-refractivity contribution >= 4 is 28.9 Å². The third-order valence-corrected chi connectivity index (χ3v) is 5.74. The Bertz CT molecular complexity index is 1420. The van der Waals surface area contributed by atoms with Gasteiger partial charge < -0.3 is 9.84 Å². The second kappa shape index (κ2) is 8.72. The topological polar surface area (TPSA) is 71.3 Å². The Kier molecular flexibility index (Phi) is 5.59. The number of carbonyl (C=O) groups is 1. The number of hydrogen-bond acceptors (Lipinski definition) is 4. The summed E-state index contributed by atoms with van der Waals surface area (Å²) in [5.74, 6) is -0.585. The first-order valence-electron chi connectivity index (χ1n) is 10.3. The van der Waals surface area contributed by atoms with Crippen molar-refractivity contribution in [2.24, 2.45) is 0 Å². The van der Waals surface area contributed by atoms with Crippen LogP contribution in [0.15, 0.2) is 83.0 Å². The number of rotatable bonds is 4. The lowest BCUT2D eigenvalue weighted by Gasteiger charge is -2.35. The zero-order valence-electron chi connectivity index (χ0n) is 17.8. The summed E-state index contributed by atoms with van der Waals surface area (Å²) in [4.78, 5) is 19.1. The second-order valence-corrected chi connectivity index (χ2v) is 8.12. The van der Waals surface area contributed by atoms with E-state index in [0.29, 0.717) is 33.1 Å². The maximum Gasteiger partial charge on any atom is 0.326 e. The Morgan fingerprint density at radius 3 is 2.41 bits per heavy atom. The second-order valence-electron chi connectivity index (χ2n) is 7.68. The molecule has 1 aliphatic heterocycles. The molecule has 9 heteroatoms. The van der Waals surface area contributed by atoms with E-state index in [1.54, 1.807) is 55.5 Å². The smallest absolute Gasteiger partial charge is 0.326 e. The Morgan fingerprint density at radius 1 is 1.00 bits per heavy atom. The maximum absolute atomic E-state index is 14.1. The van der Waals surface area contributed by atoms with Gasteiger partial charge in [-0.25, -0.2) is 13.6 Å². The van der Waals surface area contributed by atoms with Gasteiger partial charge in [0.1, 0.15) is 11.6 Å². The highest BCUT2D eigenvalue weighted by atomic mass is 35.5. The van der Waals surface area contributed by atoms with E-state index in [9.17, 15) is 13.6 Å². The Balaban J connectivity index is 1.66. The summed E-state index contributed by atoms with van der Waals surface area (Å²) < 4.78 is 33.3. The molecule has 3 aromatic carbocycles. The lowest BCUT2D eigenvalue weighted by Crippen LogP contribution is -2.46. The van der Waals surface area contributed by atoms with Crippen molar-refractivity contribution in [3.05, 3.63) is 107 Å². The summed E-state index contributed by atoms with van der Waals surface area (Å²) in [6.07, 6.45) is 0. The van der Waals surface area contributed by atoms with Crippen LogP contribution in [0, 0.1) is 11.6 Å². The Labute approximate surface area is 198 Å². The number of aromatic nitrogens is 2.